The molecule has 0 radical (unpaired) electrons. The SMILES string of the molecule is CCN1CCN(C2=C(c3ccc(NC(C)=O)cc3)C(=O)N(Cc3ccccc3F)C2=O)CC1. The van der Waals surface area contributed by atoms with Gasteiger partial charge in [-0.2, -0.15) is 0 Å². The largest absolute Gasteiger partial charge is 0.364 e. The molecule has 1 N–H and O–H groups in total. The Morgan fingerprint density at radius 3 is 2.24 bits per heavy atom. The predicted molar refractivity (Wildman–Crippen MR) is 123 cm³/mol. The highest BCUT2D eigenvalue weighted by Crippen LogP contribution is 2.34. The molecule has 4 rings (SSSR count). The Labute approximate surface area is 192 Å². The van der Waals surface area contributed by atoms with Gasteiger partial charge in [0, 0.05) is 44.4 Å². The zero-order chi connectivity index (χ0) is 23.5. The number of piperazine rings is 1. The van der Waals surface area contributed by atoms with Crippen molar-refractivity contribution in [2.45, 2.75) is 20.4 Å². The number of imide groups is 1. The van der Waals surface area contributed by atoms with Gasteiger partial charge in [-0.1, -0.05) is 37.3 Å². The molecule has 2 aromatic rings. The topological polar surface area (TPSA) is 73.0 Å². The van der Waals surface area contributed by atoms with E-state index in [1.807, 2.05) is 4.90 Å². The van der Waals surface area contributed by atoms with Gasteiger partial charge in [0.05, 0.1) is 12.1 Å². The van der Waals surface area contributed by atoms with Gasteiger partial charge in [0.1, 0.15) is 11.5 Å². The number of anilines is 1. The van der Waals surface area contributed by atoms with Crippen molar-refractivity contribution in [3.63, 3.8) is 0 Å². The molecule has 33 heavy (non-hydrogen) atoms. The van der Waals surface area contributed by atoms with Crippen molar-refractivity contribution in [3.8, 4) is 0 Å². The van der Waals surface area contributed by atoms with Crippen LogP contribution in [0.2, 0.25) is 0 Å². The fourth-order valence-corrected chi connectivity index (χ4v) is 4.27. The molecule has 8 heteroatoms. The summed E-state index contributed by atoms with van der Waals surface area (Å²) < 4.78 is 14.3. The molecule has 1 saturated heterocycles. The fraction of sp³-hybridized carbons (Fsp3) is 0.320. The normalized spacial score (nSPS) is 17.2. The summed E-state index contributed by atoms with van der Waals surface area (Å²) in [7, 11) is 0. The van der Waals surface area contributed by atoms with E-state index in [1.54, 1.807) is 42.5 Å². The minimum atomic E-state index is -0.454. The van der Waals surface area contributed by atoms with Crippen LogP contribution >= 0.6 is 0 Å². The number of carbonyl (C=O) groups excluding carboxylic acids is 3. The molecule has 0 saturated carbocycles. The van der Waals surface area contributed by atoms with Crippen LogP contribution in [0.25, 0.3) is 5.57 Å². The summed E-state index contributed by atoms with van der Waals surface area (Å²) >= 11 is 0. The molecule has 2 heterocycles. The summed E-state index contributed by atoms with van der Waals surface area (Å²) in [6.07, 6.45) is 0. The third-order valence-corrected chi connectivity index (χ3v) is 6.06. The Morgan fingerprint density at radius 2 is 1.64 bits per heavy atom. The molecule has 0 aromatic heterocycles. The second kappa shape index (κ2) is 9.54. The van der Waals surface area contributed by atoms with Crippen LogP contribution in [-0.2, 0) is 20.9 Å². The highest BCUT2D eigenvalue weighted by molar-refractivity contribution is 6.35. The summed E-state index contributed by atoms with van der Waals surface area (Å²) in [6, 6.07) is 13.0. The van der Waals surface area contributed by atoms with E-state index in [1.165, 1.54) is 13.0 Å². The van der Waals surface area contributed by atoms with Crippen LogP contribution < -0.4 is 5.32 Å². The number of hydrogen-bond donors (Lipinski definition) is 1. The van der Waals surface area contributed by atoms with Gasteiger partial charge in [0.15, 0.2) is 0 Å². The van der Waals surface area contributed by atoms with Crippen molar-refractivity contribution >= 4 is 29.0 Å². The lowest BCUT2D eigenvalue weighted by Gasteiger charge is -2.36. The Morgan fingerprint density at radius 1 is 0.970 bits per heavy atom. The maximum absolute atomic E-state index is 14.3. The lowest BCUT2D eigenvalue weighted by Crippen LogP contribution is -2.47. The monoisotopic (exact) mass is 450 g/mol. The molecule has 2 aliphatic rings. The lowest BCUT2D eigenvalue weighted by molar-refractivity contribution is -0.138. The van der Waals surface area contributed by atoms with Crippen molar-refractivity contribution in [2.24, 2.45) is 0 Å². The molecule has 172 valence electrons. The maximum Gasteiger partial charge on any atom is 0.278 e. The molecular formula is C25H27FN4O3. The first-order chi connectivity index (χ1) is 15.9. The van der Waals surface area contributed by atoms with E-state index in [-0.39, 0.29) is 18.0 Å². The first kappa shape index (κ1) is 22.7. The molecule has 2 aromatic carbocycles. The Hall–Kier alpha value is -3.52. The van der Waals surface area contributed by atoms with E-state index in [2.05, 4.69) is 17.1 Å². The smallest absolute Gasteiger partial charge is 0.278 e. The standard InChI is InChI=1S/C25H27FN4O3/c1-3-28-12-14-29(15-13-28)23-22(18-8-10-20(11-9-18)27-17(2)31)24(32)30(25(23)33)16-19-6-4-5-7-21(19)26/h4-11H,3,12-16H2,1-2H3,(H,27,31). The number of likely N-dealkylation sites (N-methyl/N-ethyl adjacent to an activating group) is 1. The molecule has 3 amide bonds. The Balaban J connectivity index is 1.70. The number of rotatable bonds is 6. The van der Waals surface area contributed by atoms with E-state index < -0.39 is 17.6 Å². The van der Waals surface area contributed by atoms with Gasteiger partial charge in [-0.3, -0.25) is 19.3 Å². The zero-order valence-corrected chi connectivity index (χ0v) is 18.8. The lowest BCUT2D eigenvalue weighted by atomic mass is 10.0. The van der Waals surface area contributed by atoms with Crippen LogP contribution in [0, 0.1) is 5.82 Å². The molecule has 0 spiro atoms. The van der Waals surface area contributed by atoms with Gasteiger partial charge in [-0.25, -0.2) is 4.39 Å². The number of amides is 3. The van der Waals surface area contributed by atoms with Crippen molar-refractivity contribution in [3.05, 3.63) is 71.2 Å². The summed E-state index contributed by atoms with van der Waals surface area (Å²) in [5.74, 6) is -1.50. The number of nitrogens with zero attached hydrogens (tertiary/aromatic N) is 3. The number of carbonyl (C=O) groups is 3. The Kier molecular flexibility index (Phi) is 6.55. The Bertz CT molecular complexity index is 1100. The van der Waals surface area contributed by atoms with Crippen molar-refractivity contribution in [1.29, 1.82) is 0 Å². The highest BCUT2D eigenvalue weighted by atomic mass is 19.1. The molecule has 0 unspecified atom stereocenters. The zero-order valence-electron chi connectivity index (χ0n) is 18.8. The first-order valence-corrected chi connectivity index (χ1v) is 11.1. The van der Waals surface area contributed by atoms with Gasteiger partial charge in [-0.15, -0.1) is 0 Å². The average Bonchev–Trinajstić information content (AvgIpc) is 3.05. The van der Waals surface area contributed by atoms with Crippen LogP contribution in [0.5, 0.6) is 0 Å². The van der Waals surface area contributed by atoms with Crippen LogP contribution in [0.15, 0.2) is 54.2 Å². The molecule has 0 bridgehead atoms. The van der Waals surface area contributed by atoms with Crippen molar-refractivity contribution in [2.75, 3.05) is 38.0 Å². The van der Waals surface area contributed by atoms with Gasteiger partial charge in [0.2, 0.25) is 5.91 Å². The van der Waals surface area contributed by atoms with Gasteiger partial charge in [-0.05, 0) is 30.3 Å². The van der Waals surface area contributed by atoms with Crippen LogP contribution in [0.4, 0.5) is 10.1 Å². The number of hydrogen-bond acceptors (Lipinski definition) is 5. The van der Waals surface area contributed by atoms with E-state index in [0.717, 1.165) is 24.5 Å². The second-order valence-corrected chi connectivity index (χ2v) is 8.19. The molecule has 1 fully saturated rings. The third-order valence-electron chi connectivity index (χ3n) is 6.06. The first-order valence-electron chi connectivity index (χ1n) is 11.1. The van der Waals surface area contributed by atoms with Gasteiger partial charge >= 0.3 is 0 Å². The quantitative estimate of drug-likeness (QED) is 0.686. The summed E-state index contributed by atoms with van der Waals surface area (Å²) in [4.78, 5) is 43.7. The van der Waals surface area contributed by atoms with Crippen LogP contribution in [0.1, 0.15) is 25.0 Å². The molecule has 7 nitrogen and oxygen atoms in total. The molecule has 2 aliphatic heterocycles. The summed E-state index contributed by atoms with van der Waals surface area (Å²) in [6.45, 7) is 7.16. The molecular weight excluding hydrogens is 423 g/mol. The second-order valence-electron chi connectivity index (χ2n) is 8.19. The molecule has 0 aliphatic carbocycles. The van der Waals surface area contributed by atoms with E-state index in [9.17, 15) is 18.8 Å². The number of halogens is 1. The van der Waals surface area contributed by atoms with E-state index in [4.69, 9.17) is 0 Å². The maximum atomic E-state index is 14.3. The minimum Gasteiger partial charge on any atom is -0.364 e. The van der Waals surface area contributed by atoms with Gasteiger partial charge < -0.3 is 15.1 Å². The van der Waals surface area contributed by atoms with Crippen LogP contribution in [-0.4, -0.2) is 65.1 Å². The van der Waals surface area contributed by atoms with E-state index >= 15 is 0 Å². The van der Waals surface area contributed by atoms with Crippen LogP contribution in [0.3, 0.4) is 0 Å². The van der Waals surface area contributed by atoms with Crippen molar-refractivity contribution < 1.29 is 18.8 Å². The molecule has 0 atom stereocenters. The number of nitrogens with one attached hydrogen (secondary N) is 1. The summed E-state index contributed by atoms with van der Waals surface area (Å²) in [5.41, 5.74) is 2.16. The third kappa shape index (κ3) is 4.66. The minimum absolute atomic E-state index is 0.129. The van der Waals surface area contributed by atoms with Gasteiger partial charge in [0.25, 0.3) is 11.8 Å². The number of benzene rings is 2. The summed E-state index contributed by atoms with van der Waals surface area (Å²) in [5, 5.41) is 2.70. The van der Waals surface area contributed by atoms with E-state index in [0.29, 0.717) is 35.6 Å². The fourth-order valence-electron chi connectivity index (χ4n) is 4.27. The predicted octanol–water partition coefficient (Wildman–Crippen LogP) is 2.70. The average molecular weight is 451 g/mol. The van der Waals surface area contributed by atoms with Crippen molar-refractivity contribution in [1.82, 2.24) is 14.7 Å². The highest BCUT2D eigenvalue weighted by Gasteiger charge is 2.42.